The topological polar surface area (TPSA) is 98.5 Å². The molecular weight excluding hydrogens is 356 g/mol. The van der Waals surface area contributed by atoms with Gasteiger partial charge in [0.2, 0.25) is 10.0 Å². The maximum absolute atomic E-state index is 12.9. The Balaban J connectivity index is 1.42. The molecule has 4 rings (SSSR count). The number of imidazole rings is 1. The van der Waals surface area contributed by atoms with Gasteiger partial charge < -0.3 is 14.7 Å². The molecule has 2 aliphatic rings. The molecule has 0 aliphatic carbocycles. The molecule has 2 fully saturated rings. The van der Waals surface area contributed by atoms with Gasteiger partial charge in [-0.1, -0.05) is 0 Å². The Bertz CT molecular complexity index is 922. The summed E-state index contributed by atoms with van der Waals surface area (Å²) in [6.07, 6.45) is 1.75. The van der Waals surface area contributed by atoms with Crippen molar-refractivity contribution in [2.75, 3.05) is 45.9 Å². The SMILES string of the molecule is O=c1[nH]c2ccc(S(=O)(=O)N3CCC(CN4CCOCC4)CC3)cc2[nH]1. The second kappa shape index (κ2) is 7.15. The fourth-order valence-electron chi connectivity index (χ4n) is 3.80. The minimum Gasteiger partial charge on any atom is -0.379 e. The molecule has 142 valence electrons. The van der Waals surface area contributed by atoms with Crippen LogP contribution in [0, 0.1) is 5.92 Å². The van der Waals surface area contributed by atoms with Crippen molar-refractivity contribution in [3.8, 4) is 0 Å². The van der Waals surface area contributed by atoms with Crippen molar-refractivity contribution < 1.29 is 13.2 Å². The Hall–Kier alpha value is -1.68. The van der Waals surface area contributed by atoms with E-state index in [4.69, 9.17) is 4.74 Å². The fourth-order valence-corrected chi connectivity index (χ4v) is 5.30. The number of hydrogen-bond donors (Lipinski definition) is 2. The summed E-state index contributed by atoms with van der Waals surface area (Å²) < 4.78 is 32.8. The van der Waals surface area contributed by atoms with E-state index in [1.165, 1.54) is 6.07 Å². The Kier molecular flexibility index (Phi) is 4.87. The predicted molar refractivity (Wildman–Crippen MR) is 97.7 cm³/mol. The number of aromatic amines is 2. The Morgan fingerprint density at radius 3 is 2.46 bits per heavy atom. The summed E-state index contributed by atoms with van der Waals surface area (Å²) in [4.78, 5) is 19.3. The lowest BCUT2D eigenvalue weighted by atomic mass is 9.97. The van der Waals surface area contributed by atoms with Crippen LogP contribution in [0.4, 0.5) is 0 Å². The summed E-state index contributed by atoms with van der Waals surface area (Å²) in [5.41, 5.74) is 0.787. The van der Waals surface area contributed by atoms with Crippen LogP contribution in [0.25, 0.3) is 11.0 Å². The first-order valence-corrected chi connectivity index (χ1v) is 10.5. The molecule has 2 aliphatic heterocycles. The van der Waals surface area contributed by atoms with Crippen LogP contribution < -0.4 is 5.69 Å². The van der Waals surface area contributed by atoms with Crippen LogP contribution in [0.2, 0.25) is 0 Å². The third-order valence-electron chi connectivity index (χ3n) is 5.32. The van der Waals surface area contributed by atoms with Gasteiger partial charge in [0, 0.05) is 32.7 Å². The van der Waals surface area contributed by atoms with Crippen molar-refractivity contribution >= 4 is 21.1 Å². The molecule has 9 heteroatoms. The van der Waals surface area contributed by atoms with Gasteiger partial charge in [0.1, 0.15) is 0 Å². The minimum absolute atomic E-state index is 0.229. The molecule has 2 N–H and O–H groups in total. The fraction of sp³-hybridized carbons (Fsp3) is 0.588. The number of fused-ring (bicyclic) bond motifs is 1. The smallest absolute Gasteiger partial charge is 0.323 e. The highest BCUT2D eigenvalue weighted by Gasteiger charge is 2.30. The molecule has 0 bridgehead atoms. The van der Waals surface area contributed by atoms with E-state index in [2.05, 4.69) is 14.9 Å². The first-order chi connectivity index (χ1) is 12.5. The quantitative estimate of drug-likeness (QED) is 0.809. The average Bonchev–Trinajstić information content (AvgIpc) is 3.02. The van der Waals surface area contributed by atoms with Crippen LogP contribution in [0.15, 0.2) is 27.9 Å². The molecule has 0 amide bonds. The van der Waals surface area contributed by atoms with Gasteiger partial charge in [0.15, 0.2) is 0 Å². The molecule has 0 spiro atoms. The standard InChI is InChI=1S/C17H24N4O4S/c22-17-18-15-2-1-14(11-16(15)19-17)26(23,24)21-5-3-13(4-6-21)12-20-7-9-25-10-8-20/h1-2,11,13H,3-10,12H2,(H2,18,19,22). The van der Waals surface area contributed by atoms with Crippen molar-refractivity contribution in [2.45, 2.75) is 17.7 Å². The molecular formula is C17H24N4O4S. The number of hydrogen-bond acceptors (Lipinski definition) is 5. The normalized spacial score (nSPS) is 21.4. The third kappa shape index (κ3) is 3.57. The number of nitrogens with zero attached hydrogens (tertiary/aromatic N) is 2. The van der Waals surface area contributed by atoms with Gasteiger partial charge in [-0.3, -0.25) is 4.90 Å². The summed E-state index contributed by atoms with van der Waals surface area (Å²) in [7, 11) is -3.54. The van der Waals surface area contributed by atoms with Crippen molar-refractivity contribution in [3.05, 3.63) is 28.7 Å². The Morgan fingerprint density at radius 1 is 1.04 bits per heavy atom. The second-order valence-electron chi connectivity index (χ2n) is 7.05. The van der Waals surface area contributed by atoms with Crippen molar-refractivity contribution in [2.24, 2.45) is 5.92 Å². The van der Waals surface area contributed by atoms with E-state index in [0.29, 0.717) is 30.0 Å². The first-order valence-electron chi connectivity index (χ1n) is 9.05. The lowest BCUT2D eigenvalue weighted by Gasteiger charge is -2.35. The van der Waals surface area contributed by atoms with Gasteiger partial charge in [-0.25, -0.2) is 13.2 Å². The average molecular weight is 380 g/mol. The van der Waals surface area contributed by atoms with Crippen LogP contribution in [-0.2, 0) is 14.8 Å². The highest BCUT2D eigenvalue weighted by atomic mass is 32.2. The van der Waals surface area contributed by atoms with Gasteiger partial charge in [-0.2, -0.15) is 4.31 Å². The van der Waals surface area contributed by atoms with E-state index in [9.17, 15) is 13.2 Å². The number of morpholine rings is 1. The molecule has 1 aromatic heterocycles. The maximum Gasteiger partial charge on any atom is 0.323 e. The van der Waals surface area contributed by atoms with Crippen LogP contribution in [0.5, 0.6) is 0 Å². The number of piperidine rings is 1. The first kappa shape index (κ1) is 17.7. The van der Waals surface area contributed by atoms with Crippen molar-refractivity contribution in [3.63, 3.8) is 0 Å². The van der Waals surface area contributed by atoms with Crippen molar-refractivity contribution in [1.29, 1.82) is 0 Å². The van der Waals surface area contributed by atoms with E-state index < -0.39 is 10.0 Å². The summed E-state index contributed by atoms with van der Waals surface area (Å²) in [6, 6.07) is 4.72. The molecule has 0 unspecified atom stereocenters. The van der Waals surface area contributed by atoms with Gasteiger partial charge >= 0.3 is 5.69 Å². The number of ether oxygens (including phenoxy) is 1. The lowest BCUT2D eigenvalue weighted by molar-refractivity contribution is 0.0269. The van der Waals surface area contributed by atoms with Gasteiger partial charge in [-0.05, 0) is 37.0 Å². The van der Waals surface area contributed by atoms with Gasteiger partial charge in [0.05, 0.1) is 29.1 Å². The number of aromatic nitrogens is 2. The molecule has 0 radical (unpaired) electrons. The van der Waals surface area contributed by atoms with E-state index in [1.807, 2.05) is 0 Å². The Labute approximate surface area is 152 Å². The Morgan fingerprint density at radius 2 is 1.73 bits per heavy atom. The summed E-state index contributed by atoms with van der Waals surface area (Å²) in [6.45, 7) is 5.61. The van der Waals surface area contributed by atoms with E-state index >= 15 is 0 Å². The van der Waals surface area contributed by atoms with E-state index in [1.54, 1.807) is 16.4 Å². The number of nitrogens with one attached hydrogen (secondary N) is 2. The number of H-pyrrole nitrogens is 2. The van der Waals surface area contributed by atoms with Crippen LogP contribution in [0.3, 0.4) is 0 Å². The molecule has 3 heterocycles. The molecule has 0 saturated carbocycles. The third-order valence-corrected chi connectivity index (χ3v) is 7.21. The number of sulfonamides is 1. The largest absolute Gasteiger partial charge is 0.379 e. The monoisotopic (exact) mass is 380 g/mol. The highest BCUT2D eigenvalue weighted by molar-refractivity contribution is 7.89. The van der Waals surface area contributed by atoms with Gasteiger partial charge in [0.25, 0.3) is 0 Å². The minimum atomic E-state index is -3.54. The molecule has 0 atom stereocenters. The van der Waals surface area contributed by atoms with Crippen LogP contribution in [0.1, 0.15) is 12.8 Å². The number of benzene rings is 1. The molecule has 1 aromatic carbocycles. The molecule has 26 heavy (non-hydrogen) atoms. The van der Waals surface area contributed by atoms with E-state index in [0.717, 1.165) is 45.7 Å². The number of rotatable bonds is 4. The molecule has 2 aromatic rings. The zero-order chi connectivity index (χ0) is 18.1. The van der Waals surface area contributed by atoms with Crippen LogP contribution in [-0.4, -0.2) is 73.5 Å². The molecule has 8 nitrogen and oxygen atoms in total. The van der Waals surface area contributed by atoms with Crippen LogP contribution >= 0.6 is 0 Å². The maximum atomic E-state index is 12.9. The summed E-state index contributed by atoms with van der Waals surface area (Å²) >= 11 is 0. The zero-order valence-electron chi connectivity index (χ0n) is 14.6. The second-order valence-corrected chi connectivity index (χ2v) is 8.98. The molecule has 2 saturated heterocycles. The zero-order valence-corrected chi connectivity index (χ0v) is 15.4. The van der Waals surface area contributed by atoms with Crippen molar-refractivity contribution in [1.82, 2.24) is 19.2 Å². The predicted octanol–water partition coefficient (Wildman–Crippen LogP) is 0.589. The van der Waals surface area contributed by atoms with Gasteiger partial charge in [-0.15, -0.1) is 0 Å². The summed E-state index contributed by atoms with van der Waals surface area (Å²) in [5.74, 6) is 0.531. The highest BCUT2D eigenvalue weighted by Crippen LogP contribution is 2.25. The lowest BCUT2D eigenvalue weighted by Crippen LogP contribution is -2.44. The van der Waals surface area contributed by atoms with E-state index in [-0.39, 0.29) is 10.6 Å². The summed E-state index contributed by atoms with van der Waals surface area (Å²) in [5, 5.41) is 0.